The van der Waals surface area contributed by atoms with E-state index < -0.39 is 10.1 Å². The number of aromatic nitrogens is 3. The highest BCUT2D eigenvalue weighted by Crippen LogP contribution is 2.28. The molecule has 0 saturated carbocycles. The van der Waals surface area contributed by atoms with E-state index in [1.165, 1.54) is 6.92 Å². The molecule has 2 aromatic heterocycles. The second kappa shape index (κ2) is 9.62. The fraction of sp³-hybridized carbons (Fsp3) is 0.0800. The molecule has 3 aromatic carbocycles. The van der Waals surface area contributed by atoms with Crippen LogP contribution in [0, 0.1) is 0 Å². The zero-order chi connectivity index (χ0) is 23.4. The van der Waals surface area contributed by atoms with E-state index in [-0.39, 0.29) is 5.75 Å². The Labute approximate surface area is 196 Å². The quantitative estimate of drug-likeness (QED) is 0.209. The summed E-state index contributed by atoms with van der Waals surface area (Å²) >= 11 is 6.10. The molecule has 0 aliphatic rings. The maximum Gasteiger partial charge on any atom is 0.272 e. The summed E-state index contributed by atoms with van der Waals surface area (Å²) in [5.74, 6) is 0.376. The van der Waals surface area contributed by atoms with E-state index in [0.717, 1.165) is 33.1 Å². The second-order valence-corrected chi connectivity index (χ2v) is 9.33. The normalized spacial score (nSPS) is 11.2. The summed E-state index contributed by atoms with van der Waals surface area (Å²) in [6.07, 6.45) is 1.99. The Hall–Kier alpha value is -3.39. The Morgan fingerprint density at radius 1 is 0.879 bits per heavy atom. The highest BCUT2D eigenvalue weighted by atomic mass is 35.5. The predicted molar refractivity (Wildman–Crippen MR) is 129 cm³/mol. The lowest BCUT2D eigenvalue weighted by Crippen LogP contribution is -2.28. The molecule has 0 saturated heterocycles. The number of pyridine rings is 1. The first kappa shape index (κ1) is 22.8. The highest BCUT2D eigenvalue weighted by molar-refractivity contribution is 7.85. The molecular weight excluding hydrogens is 458 g/mol. The monoisotopic (exact) mass is 477 g/mol. The molecule has 0 aliphatic carbocycles. The lowest BCUT2D eigenvalue weighted by Gasteiger charge is -2.06. The molecule has 6 nitrogen and oxygen atoms in total. The van der Waals surface area contributed by atoms with Crippen molar-refractivity contribution in [3.63, 3.8) is 0 Å². The number of hydrogen-bond donors (Lipinski definition) is 0. The zero-order valence-corrected chi connectivity index (χ0v) is 19.3. The maximum atomic E-state index is 9.44. The van der Waals surface area contributed by atoms with E-state index in [2.05, 4.69) is 18.2 Å². The first-order valence-electron chi connectivity index (χ1n) is 10.2. The highest BCUT2D eigenvalue weighted by Gasteiger charge is 2.20. The molecule has 0 aliphatic heterocycles. The Morgan fingerprint density at radius 3 is 2.18 bits per heavy atom. The number of hydrogen-bond acceptors (Lipinski definition) is 5. The van der Waals surface area contributed by atoms with Gasteiger partial charge in [-0.05, 0) is 28.1 Å². The summed E-state index contributed by atoms with van der Waals surface area (Å²) in [4.78, 5) is 4.95. The van der Waals surface area contributed by atoms with Gasteiger partial charge in [-0.2, -0.15) is 0 Å². The van der Waals surface area contributed by atoms with E-state index in [4.69, 9.17) is 21.7 Å². The minimum absolute atomic E-state index is 0.312. The van der Waals surface area contributed by atoms with Crippen LogP contribution in [-0.4, -0.2) is 28.8 Å². The second-order valence-electron chi connectivity index (χ2n) is 7.20. The van der Waals surface area contributed by atoms with E-state index in [1.807, 2.05) is 77.4 Å². The van der Waals surface area contributed by atoms with Gasteiger partial charge < -0.3 is 4.55 Å². The lowest BCUT2D eigenvalue weighted by molar-refractivity contribution is -0.578. The van der Waals surface area contributed by atoms with Crippen LogP contribution in [0.15, 0.2) is 91.1 Å². The van der Waals surface area contributed by atoms with Crippen molar-refractivity contribution in [3.8, 4) is 22.6 Å². The Morgan fingerprint density at radius 2 is 1.52 bits per heavy atom. The molecule has 0 bridgehead atoms. The standard InChI is InChI=1S/C23H15ClN3.C2H6O3S/c24-19-12-10-17(11-13-19)21-22-20-9-5-4-6-16(20)14-15-27(22)26-23(25-21)18-7-2-1-3-8-18;1-2-6(3,4)5/h1-15H;2H2,1H3,(H,3,4,5)/q+1;/p-1. The topological polar surface area (TPSA) is 87.1 Å². The van der Waals surface area contributed by atoms with Crippen LogP contribution in [0.4, 0.5) is 0 Å². The smallest absolute Gasteiger partial charge is 0.272 e. The Kier molecular flexibility index (Phi) is 6.65. The van der Waals surface area contributed by atoms with Crippen molar-refractivity contribution in [1.29, 1.82) is 0 Å². The third kappa shape index (κ3) is 5.34. The molecule has 0 amide bonds. The molecular formula is C25H20ClN3O3S. The Bertz CT molecular complexity index is 1520. The summed E-state index contributed by atoms with van der Waals surface area (Å²) in [6.45, 7) is 1.31. The number of halogens is 1. The van der Waals surface area contributed by atoms with Gasteiger partial charge in [-0.15, -0.1) is 0 Å². The molecule has 5 rings (SSSR count). The van der Waals surface area contributed by atoms with E-state index in [1.54, 1.807) is 0 Å². The number of benzene rings is 3. The van der Waals surface area contributed by atoms with Crippen LogP contribution in [-0.2, 0) is 10.1 Å². The molecule has 166 valence electrons. The van der Waals surface area contributed by atoms with Gasteiger partial charge in [-0.3, -0.25) is 0 Å². The summed E-state index contributed by atoms with van der Waals surface area (Å²) < 4.78 is 30.3. The summed E-state index contributed by atoms with van der Waals surface area (Å²) in [5.41, 5.74) is 3.86. The fourth-order valence-electron chi connectivity index (χ4n) is 3.33. The van der Waals surface area contributed by atoms with Crippen molar-refractivity contribution in [1.82, 2.24) is 10.1 Å². The summed E-state index contributed by atoms with van der Waals surface area (Å²) in [7, 11) is -3.91. The fourth-order valence-corrected chi connectivity index (χ4v) is 3.45. The molecule has 5 aromatic rings. The Balaban J connectivity index is 0.000000385. The molecule has 0 atom stereocenters. The van der Waals surface area contributed by atoms with Crippen molar-refractivity contribution >= 4 is 38.0 Å². The van der Waals surface area contributed by atoms with Gasteiger partial charge in [0, 0.05) is 33.1 Å². The van der Waals surface area contributed by atoms with Gasteiger partial charge in [0.05, 0.1) is 15.5 Å². The van der Waals surface area contributed by atoms with Crippen LogP contribution in [0.25, 0.3) is 38.9 Å². The number of fused-ring (bicyclic) bond motifs is 3. The number of nitrogens with zero attached hydrogens (tertiary/aromatic N) is 3. The minimum Gasteiger partial charge on any atom is -0.748 e. The first-order chi connectivity index (χ1) is 15.9. The number of rotatable bonds is 3. The lowest BCUT2D eigenvalue weighted by atomic mass is 10.1. The van der Waals surface area contributed by atoms with Gasteiger partial charge in [-0.1, -0.05) is 79.2 Å². The largest absolute Gasteiger partial charge is 0.748 e. The zero-order valence-electron chi connectivity index (χ0n) is 17.7. The van der Waals surface area contributed by atoms with Gasteiger partial charge in [0.25, 0.3) is 5.52 Å². The van der Waals surface area contributed by atoms with Crippen LogP contribution >= 0.6 is 11.6 Å². The predicted octanol–water partition coefficient (Wildman–Crippen LogP) is 4.91. The van der Waals surface area contributed by atoms with Crippen LogP contribution < -0.4 is 4.52 Å². The van der Waals surface area contributed by atoms with Crippen molar-refractivity contribution in [2.45, 2.75) is 6.92 Å². The van der Waals surface area contributed by atoms with Gasteiger partial charge in [-0.25, -0.2) is 13.4 Å². The van der Waals surface area contributed by atoms with E-state index in [0.29, 0.717) is 10.8 Å². The molecule has 0 N–H and O–H groups in total. The minimum atomic E-state index is -3.91. The molecule has 8 heteroatoms. The molecule has 0 fully saturated rings. The molecule has 0 unspecified atom stereocenters. The summed E-state index contributed by atoms with van der Waals surface area (Å²) in [6, 6.07) is 28.2. The van der Waals surface area contributed by atoms with Gasteiger partial charge in [0.15, 0.2) is 0 Å². The first-order valence-corrected chi connectivity index (χ1v) is 12.2. The summed E-state index contributed by atoms with van der Waals surface area (Å²) in [5, 5.41) is 7.76. The van der Waals surface area contributed by atoms with Crippen LogP contribution in [0.2, 0.25) is 5.02 Å². The third-order valence-electron chi connectivity index (χ3n) is 4.99. The van der Waals surface area contributed by atoms with Crippen molar-refractivity contribution in [2.75, 3.05) is 5.75 Å². The van der Waals surface area contributed by atoms with Crippen molar-refractivity contribution in [2.24, 2.45) is 0 Å². The van der Waals surface area contributed by atoms with Gasteiger partial charge >= 0.3 is 0 Å². The van der Waals surface area contributed by atoms with Crippen molar-refractivity contribution < 1.29 is 17.5 Å². The van der Waals surface area contributed by atoms with Gasteiger partial charge in [0.2, 0.25) is 12.0 Å². The SMILES string of the molecule is CCS(=O)(=O)[O-].Clc1ccc(-c2nc(-c3ccccc3)n[n+]3ccc4ccccc4c23)cc1. The maximum absolute atomic E-state index is 9.44. The van der Waals surface area contributed by atoms with Crippen molar-refractivity contribution in [3.05, 3.63) is 96.1 Å². The van der Waals surface area contributed by atoms with E-state index in [9.17, 15) is 13.0 Å². The van der Waals surface area contributed by atoms with Crippen LogP contribution in [0.3, 0.4) is 0 Å². The van der Waals surface area contributed by atoms with E-state index >= 15 is 0 Å². The van der Waals surface area contributed by atoms with Gasteiger partial charge in [0.1, 0.15) is 5.69 Å². The molecule has 33 heavy (non-hydrogen) atoms. The third-order valence-corrected chi connectivity index (χ3v) is 5.95. The molecule has 0 radical (unpaired) electrons. The van der Waals surface area contributed by atoms with Crippen LogP contribution in [0.1, 0.15) is 6.92 Å². The molecule has 2 heterocycles. The van der Waals surface area contributed by atoms with Crippen LogP contribution in [0.5, 0.6) is 0 Å². The average Bonchev–Trinajstić information content (AvgIpc) is 2.84. The average molecular weight is 478 g/mol. The molecule has 0 spiro atoms.